The van der Waals surface area contributed by atoms with Gasteiger partial charge in [0.1, 0.15) is 0 Å². The Kier molecular flexibility index (Phi) is 5.92. The minimum Gasteiger partial charge on any atom is -0.494 e. The van der Waals surface area contributed by atoms with Gasteiger partial charge in [0, 0.05) is 19.6 Å². The first kappa shape index (κ1) is 17.7. The average molecular weight is 343 g/mol. The van der Waals surface area contributed by atoms with Crippen LogP contribution < -0.4 is 10.1 Å². The molecule has 1 aliphatic heterocycles. The highest BCUT2D eigenvalue weighted by Crippen LogP contribution is 2.21. The van der Waals surface area contributed by atoms with Gasteiger partial charge in [-0.2, -0.15) is 4.98 Å². The van der Waals surface area contributed by atoms with E-state index in [9.17, 15) is 4.39 Å². The van der Waals surface area contributed by atoms with Crippen molar-refractivity contribution in [2.75, 3.05) is 33.8 Å². The van der Waals surface area contributed by atoms with Gasteiger partial charge in [-0.3, -0.25) is 4.90 Å². The third kappa shape index (κ3) is 3.99. The molecule has 8 heteroatoms. The molecule has 0 saturated carbocycles. The van der Waals surface area contributed by atoms with E-state index in [-0.39, 0.29) is 24.2 Å². The van der Waals surface area contributed by atoms with E-state index in [4.69, 9.17) is 9.26 Å². The zero-order chi connectivity index (χ0) is 15.5. The fraction of sp³-hybridized carbons (Fsp3) is 0.467. The molecule has 1 atom stereocenters. The lowest BCUT2D eigenvalue weighted by atomic mass is 10.1. The Labute approximate surface area is 140 Å². The van der Waals surface area contributed by atoms with E-state index >= 15 is 0 Å². The number of aromatic nitrogens is 2. The largest absolute Gasteiger partial charge is 0.494 e. The first-order valence-corrected chi connectivity index (χ1v) is 7.23. The van der Waals surface area contributed by atoms with Crippen LogP contribution >= 0.6 is 12.4 Å². The Morgan fingerprint density at radius 2 is 2.30 bits per heavy atom. The summed E-state index contributed by atoms with van der Waals surface area (Å²) in [5.74, 6) is 0.984. The number of hydrogen-bond donors (Lipinski definition) is 1. The van der Waals surface area contributed by atoms with Crippen LogP contribution in [0.15, 0.2) is 22.7 Å². The normalized spacial score (nSPS) is 18.5. The van der Waals surface area contributed by atoms with Crippen molar-refractivity contribution in [3.63, 3.8) is 0 Å². The molecule has 1 N–H and O–H groups in total. The molecule has 0 aliphatic carbocycles. The van der Waals surface area contributed by atoms with E-state index in [0.717, 1.165) is 25.2 Å². The van der Waals surface area contributed by atoms with Crippen molar-refractivity contribution >= 4 is 12.4 Å². The molecule has 126 valence electrons. The number of nitrogens with zero attached hydrogens (tertiary/aromatic N) is 3. The molecule has 2 aromatic rings. The third-order valence-corrected chi connectivity index (χ3v) is 3.86. The summed E-state index contributed by atoms with van der Waals surface area (Å²) in [6.07, 6.45) is 0.401. The van der Waals surface area contributed by atoms with Crippen molar-refractivity contribution in [3.8, 4) is 5.75 Å². The van der Waals surface area contributed by atoms with Crippen LogP contribution in [0, 0.1) is 5.82 Å². The van der Waals surface area contributed by atoms with Crippen molar-refractivity contribution in [3.05, 3.63) is 41.3 Å². The first-order chi connectivity index (χ1) is 10.7. The summed E-state index contributed by atoms with van der Waals surface area (Å²) in [5, 5.41) is 7.37. The Morgan fingerprint density at radius 3 is 3.00 bits per heavy atom. The van der Waals surface area contributed by atoms with Crippen LogP contribution in [0.1, 0.15) is 23.3 Å². The first-order valence-electron chi connectivity index (χ1n) is 7.23. The summed E-state index contributed by atoms with van der Waals surface area (Å²) >= 11 is 0. The number of benzene rings is 1. The number of hydrogen-bond acceptors (Lipinski definition) is 6. The molecule has 0 amide bonds. The lowest BCUT2D eigenvalue weighted by Crippen LogP contribution is -2.44. The van der Waals surface area contributed by atoms with E-state index in [1.807, 2.05) is 7.05 Å². The summed E-state index contributed by atoms with van der Waals surface area (Å²) in [7, 11) is 3.48. The molecule has 1 aliphatic rings. The highest BCUT2D eigenvalue weighted by atomic mass is 35.5. The Bertz CT molecular complexity index is 652. The lowest BCUT2D eigenvalue weighted by Gasteiger charge is -2.30. The molecular weight excluding hydrogens is 323 g/mol. The van der Waals surface area contributed by atoms with E-state index in [0.29, 0.717) is 18.1 Å². The van der Waals surface area contributed by atoms with Crippen molar-refractivity contribution in [2.45, 2.75) is 12.5 Å². The second-order valence-electron chi connectivity index (χ2n) is 5.39. The van der Waals surface area contributed by atoms with E-state index in [1.165, 1.54) is 13.2 Å². The topological polar surface area (TPSA) is 63.4 Å². The SMILES string of the molecule is COc1ccc(Cc2nc(C3CNCCN3C)no2)cc1F.Cl. The molecule has 1 saturated heterocycles. The number of halogens is 2. The van der Waals surface area contributed by atoms with Crippen LogP contribution in [0.4, 0.5) is 4.39 Å². The van der Waals surface area contributed by atoms with Gasteiger partial charge in [0.15, 0.2) is 17.4 Å². The molecule has 6 nitrogen and oxygen atoms in total. The number of likely N-dealkylation sites (N-methyl/N-ethyl adjacent to an activating group) is 1. The van der Waals surface area contributed by atoms with Crippen molar-refractivity contribution in [1.82, 2.24) is 20.4 Å². The molecule has 0 radical (unpaired) electrons. The molecule has 0 spiro atoms. The minimum absolute atomic E-state index is 0. The van der Waals surface area contributed by atoms with Crippen molar-refractivity contribution < 1.29 is 13.7 Å². The van der Waals surface area contributed by atoms with Gasteiger partial charge in [-0.15, -0.1) is 12.4 Å². The van der Waals surface area contributed by atoms with Gasteiger partial charge in [-0.1, -0.05) is 11.2 Å². The Hall–Kier alpha value is -1.70. The fourth-order valence-corrected chi connectivity index (χ4v) is 2.56. The summed E-state index contributed by atoms with van der Waals surface area (Å²) in [6.45, 7) is 2.70. The van der Waals surface area contributed by atoms with Crippen LogP contribution in [-0.2, 0) is 6.42 Å². The Balaban J connectivity index is 0.00000192. The maximum atomic E-state index is 13.7. The quantitative estimate of drug-likeness (QED) is 0.914. The molecule has 23 heavy (non-hydrogen) atoms. The second-order valence-corrected chi connectivity index (χ2v) is 5.39. The van der Waals surface area contributed by atoms with Crippen LogP contribution in [0.3, 0.4) is 0 Å². The van der Waals surface area contributed by atoms with Gasteiger partial charge in [0.05, 0.1) is 19.6 Å². The van der Waals surface area contributed by atoms with E-state index in [1.54, 1.807) is 12.1 Å². The summed E-state index contributed by atoms with van der Waals surface area (Å²) < 4.78 is 23.9. The monoisotopic (exact) mass is 342 g/mol. The van der Waals surface area contributed by atoms with Gasteiger partial charge in [-0.05, 0) is 24.7 Å². The van der Waals surface area contributed by atoms with Crippen LogP contribution in [0.5, 0.6) is 5.75 Å². The maximum absolute atomic E-state index is 13.7. The predicted octanol–water partition coefficient (Wildman–Crippen LogP) is 1.81. The van der Waals surface area contributed by atoms with E-state index < -0.39 is 5.82 Å². The number of nitrogens with one attached hydrogen (secondary N) is 1. The third-order valence-electron chi connectivity index (χ3n) is 3.86. The molecule has 1 aromatic carbocycles. The lowest BCUT2D eigenvalue weighted by molar-refractivity contribution is 0.190. The minimum atomic E-state index is -0.393. The average Bonchev–Trinajstić information content (AvgIpc) is 2.96. The molecule has 1 unspecified atom stereocenters. The van der Waals surface area contributed by atoms with Crippen LogP contribution in [0.25, 0.3) is 0 Å². The Morgan fingerprint density at radius 1 is 1.48 bits per heavy atom. The maximum Gasteiger partial charge on any atom is 0.231 e. The van der Waals surface area contributed by atoms with Crippen LogP contribution in [0.2, 0.25) is 0 Å². The van der Waals surface area contributed by atoms with Crippen LogP contribution in [-0.4, -0.2) is 48.8 Å². The van der Waals surface area contributed by atoms with Crippen molar-refractivity contribution in [2.24, 2.45) is 0 Å². The number of rotatable bonds is 4. The van der Waals surface area contributed by atoms with E-state index in [2.05, 4.69) is 20.4 Å². The van der Waals surface area contributed by atoms with Gasteiger partial charge in [0.2, 0.25) is 5.89 Å². The summed E-state index contributed by atoms with van der Waals surface area (Å²) in [4.78, 5) is 6.63. The molecule has 1 aromatic heterocycles. The molecule has 0 bridgehead atoms. The molecule has 1 fully saturated rings. The van der Waals surface area contributed by atoms with Crippen molar-refractivity contribution in [1.29, 1.82) is 0 Å². The zero-order valence-electron chi connectivity index (χ0n) is 13.1. The number of ether oxygens (including phenoxy) is 1. The second kappa shape index (κ2) is 7.72. The predicted molar refractivity (Wildman–Crippen MR) is 85.5 cm³/mol. The molecule has 2 heterocycles. The van der Waals surface area contributed by atoms with Gasteiger partial charge in [-0.25, -0.2) is 4.39 Å². The molecule has 3 rings (SSSR count). The zero-order valence-corrected chi connectivity index (χ0v) is 13.9. The highest BCUT2D eigenvalue weighted by Gasteiger charge is 2.25. The van der Waals surface area contributed by atoms with Gasteiger partial charge >= 0.3 is 0 Å². The number of methoxy groups -OCH3 is 1. The highest BCUT2D eigenvalue weighted by molar-refractivity contribution is 5.85. The van der Waals surface area contributed by atoms with Gasteiger partial charge in [0.25, 0.3) is 0 Å². The van der Waals surface area contributed by atoms with Gasteiger partial charge < -0.3 is 14.6 Å². The fourth-order valence-electron chi connectivity index (χ4n) is 2.56. The summed E-state index contributed by atoms with van der Waals surface area (Å²) in [5.41, 5.74) is 0.767. The standard InChI is InChI=1S/C15H19FN4O2.ClH/c1-20-6-5-17-9-12(20)15-18-14(22-19-15)8-10-3-4-13(21-2)11(16)7-10;/h3-4,7,12,17H,5-6,8-9H2,1-2H3;1H. The smallest absolute Gasteiger partial charge is 0.231 e. The summed E-state index contributed by atoms with van der Waals surface area (Å²) in [6, 6.07) is 4.93. The molecular formula is C15H20ClFN4O2. The number of piperazine rings is 1.